The molecular formula is C15H24N2O. The molecule has 3 heteroatoms. The molecule has 3 aliphatic rings. The van der Waals surface area contributed by atoms with Crippen molar-refractivity contribution in [3.05, 3.63) is 12.7 Å². The summed E-state index contributed by atoms with van der Waals surface area (Å²) in [5.74, 6) is 2.87. The molecule has 3 nitrogen and oxygen atoms in total. The number of fused-ring (bicyclic) bond motifs is 2. The van der Waals surface area contributed by atoms with E-state index in [1.807, 2.05) is 0 Å². The lowest BCUT2D eigenvalue weighted by Crippen LogP contribution is -2.54. The Morgan fingerprint density at radius 2 is 1.94 bits per heavy atom. The predicted octanol–water partition coefficient (Wildman–Crippen LogP) is 1.50. The van der Waals surface area contributed by atoms with Gasteiger partial charge in [0, 0.05) is 12.5 Å². The van der Waals surface area contributed by atoms with Gasteiger partial charge < -0.3 is 10.6 Å². The molecule has 3 rings (SSSR count). The Bertz CT molecular complexity index is 341. The van der Waals surface area contributed by atoms with Crippen LogP contribution in [0, 0.1) is 17.8 Å². The summed E-state index contributed by atoms with van der Waals surface area (Å²) >= 11 is 0. The second kappa shape index (κ2) is 5.14. The molecule has 0 aromatic carbocycles. The van der Waals surface area contributed by atoms with E-state index in [1.54, 1.807) is 6.08 Å². The van der Waals surface area contributed by atoms with E-state index in [0.29, 0.717) is 18.2 Å². The molecule has 2 N–H and O–H groups in total. The quantitative estimate of drug-likeness (QED) is 0.744. The predicted molar refractivity (Wildman–Crippen MR) is 72.3 cm³/mol. The highest BCUT2D eigenvalue weighted by Gasteiger charge is 2.42. The third-order valence-electron chi connectivity index (χ3n) is 5.19. The van der Waals surface area contributed by atoms with Gasteiger partial charge >= 0.3 is 0 Å². The fraction of sp³-hybridized carbons (Fsp3) is 0.800. The minimum absolute atomic E-state index is 0.0927. The van der Waals surface area contributed by atoms with Crippen LogP contribution in [0.3, 0.4) is 0 Å². The van der Waals surface area contributed by atoms with Crippen molar-refractivity contribution in [1.29, 1.82) is 0 Å². The average molecular weight is 248 g/mol. The lowest BCUT2D eigenvalue weighted by molar-refractivity contribution is -0.121. The van der Waals surface area contributed by atoms with Crippen LogP contribution in [0.15, 0.2) is 12.7 Å². The zero-order valence-corrected chi connectivity index (χ0v) is 11.0. The lowest BCUT2D eigenvalue weighted by Gasteiger charge is -2.44. The Hall–Kier alpha value is -0.670. The first-order valence-corrected chi connectivity index (χ1v) is 7.38. The van der Waals surface area contributed by atoms with E-state index in [1.165, 1.54) is 32.4 Å². The van der Waals surface area contributed by atoms with Crippen LogP contribution in [0.4, 0.5) is 0 Å². The minimum atomic E-state index is 0.0927. The topological polar surface area (TPSA) is 41.1 Å². The summed E-state index contributed by atoms with van der Waals surface area (Å²) in [4.78, 5) is 12.0. The van der Waals surface area contributed by atoms with E-state index < -0.39 is 0 Å². The smallest absolute Gasteiger partial charge is 0.153 e. The maximum absolute atomic E-state index is 12.0. The summed E-state index contributed by atoms with van der Waals surface area (Å²) < 4.78 is 0. The summed E-state index contributed by atoms with van der Waals surface area (Å²) in [5.41, 5.74) is 0. The van der Waals surface area contributed by atoms with E-state index in [2.05, 4.69) is 17.2 Å². The Morgan fingerprint density at radius 3 is 2.72 bits per heavy atom. The molecule has 0 spiro atoms. The van der Waals surface area contributed by atoms with Gasteiger partial charge in [-0.25, -0.2) is 0 Å². The minimum Gasteiger partial charge on any atom is -0.316 e. The number of rotatable bonds is 3. The van der Waals surface area contributed by atoms with Gasteiger partial charge in [0.25, 0.3) is 0 Å². The second-order valence-corrected chi connectivity index (χ2v) is 6.27. The molecule has 2 saturated heterocycles. The molecular weight excluding hydrogens is 224 g/mol. The molecule has 0 aromatic rings. The molecule has 100 valence electrons. The number of nitrogens with one attached hydrogen (secondary N) is 2. The largest absolute Gasteiger partial charge is 0.316 e. The van der Waals surface area contributed by atoms with Crippen LogP contribution >= 0.6 is 0 Å². The van der Waals surface area contributed by atoms with E-state index in [0.717, 1.165) is 24.2 Å². The molecule has 0 bridgehead atoms. The molecule has 1 aliphatic carbocycles. The van der Waals surface area contributed by atoms with Crippen LogP contribution in [-0.4, -0.2) is 31.0 Å². The zero-order chi connectivity index (χ0) is 12.5. The first kappa shape index (κ1) is 12.4. The van der Waals surface area contributed by atoms with Crippen molar-refractivity contribution in [2.45, 2.75) is 44.2 Å². The highest BCUT2D eigenvalue weighted by atomic mass is 16.1. The molecule has 0 radical (unpaired) electrons. The van der Waals surface area contributed by atoms with E-state index in [9.17, 15) is 4.79 Å². The van der Waals surface area contributed by atoms with Gasteiger partial charge in [-0.15, -0.1) is 6.58 Å². The van der Waals surface area contributed by atoms with Crippen molar-refractivity contribution in [3.8, 4) is 0 Å². The zero-order valence-electron chi connectivity index (χ0n) is 11.0. The van der Waals surface area contributed by atoms with Crippen molar-refractivity contribution < 1.29 is 4.79 Å². The van der Waals surface area contributed by atoms with Crippen LogP contribution in [0.1, 0.15) is 32.1 Å². The number of hydrogen-bond donors (Lipinski definition) is 2. The number of carbonyl (C=O) groups excluding carboxylic acids is 1. The summed E-state index contributed by atoms with van der Waals surface area (Å²) in [6.45, 7) is 6.06. The van der Waals surface area contributed by atoms with Crippen LogP contribution in [-0.2, 0) is 4.79 Å². The Labute approximate surface area is 109 Å². The summed E-state index contributed by atoms with van der Waals surface area (Å²) in [7, 11) is 0. The van der Waals surface area contributed by atoms with Crippen molar-refractivity contribution in [1.82, 2.24) is 10.6 Å². The molecule has 2 heterocycles. The highest BCUT2D eigenvalue weighted by Crippen LogP contribution is 2.40. The monoisotopic (exact) mass is 248 g/mol. The van der Waals surface area contributed by atoms with E-state index in [-0.39, 0.29) is 6.04 Å². The molecule has 0 amide bonds. The second-order valence-electron chi connectivity index (χ2n) is 6.27. The van der Waals surface area contributed by atoms with Crippen molar-refractivity contribution in [2.75, 3.05) is 13.1 Å². The third kappa shape index (κ3) is 2.26. The Kier molecular flexibility index (Phi) is 3.53. The molecule has 3 fully saturated rings. The first-order valence-electron chi connectivity index (χ1n) is 7.38. The first-order chi connectivity index (χ1) is 8.78. The maximum atomic E-state index is 12.0. The van der Waals surface area contributed by atoms with Crippen LogP contribution in [0.5, 0.6) is 0 Å². The van der Waals surface area contributed by atoms with E-state index in [4.69, 9.17) is 0 Å². The molecule has 18 heavy (non-hydrogen) atoms. The SMILES string of the molecule is C=CCC(=O)C1CCC2CC3CNCC3CC2N1. The summed E-state index contributed by atoms with van der Waals surface area (Å²) in [6, 6.07) is 0.675. The Morgan fingerprint density at radius 1 is 1.17 bits per heavy atom. The van der Waals surface area contributed by atoms with Crippen molar-refractivity contribution >= 4 is 5.78 Å². The number of carbonyl (C=O) groups is 1. The molecule has 0 aromatic heterocycles. The van der Waals surface area contributed by atoms with Crippen LogP contribution in [0.2, 0.25) is 0 Å². The van der Waals surface area contributed by atoms with Gasteiger partial charge in [-0.2, -0.15) is 0 Å². The molecule has 2 aliphatic heterocycles. The third-order valence-corrected chi connectivity index (χ3v) is 5.19. The fourth-order valence-electron chi connectivity index (χ4n) is 4.19. The summed E-state index contributed by atoms with van der Waals surface area (Å²) in [5, 5.41) is 7.15. The normalized spacial score (nSPS) is 43.0. The van der Waals surface area contributed by atoms with Gasteiger partial charge in [0.05, 0.1) is 6.04 Å². The Balaban J connectivity index is 1.62. The van der Waals surface area contributed by atoms with Crippen LogP contribution < -0.4 is 10.6 Å². The van der Waals surface area contributed by atoms with Gasteiger partial charge in [0.15, 0.2) is 5.78 Å². The summed E-state index contributed by atoms with van der Waals surface area (Å²) in [6.07, 6.45) is 7.13. The number of Topliss-reactive ketones (excluding diaryl/α,β-unsaturated/α-hetero) is 1. The van der Waals surface area contributed by atoms with Gasteiger partial charge in [0.2, 0.25) is 0 Å². The molecule has 5 atom stereocenters. The molecule has 1 saturated carbocycles. The van der Waals surface area contributed by atoms with Gasteiger partial charge in [0.1, 0.15) is 0 Å². The lowest BCUT2D eigenvalue weighted by atomic mass is 9.69. The van der Waals surface area contributed by atoms with Gasteiger partial charge in [-0.1, -0.05) is 6.08 Å². The highest BCUT2D eigenvalue weighted by molar-refractivity contribution is 5.85. The van der Waals surface area contributed by atoms with Gasteiger partial charge in [-0.05, 0) is 56.5 Å². The van der Waals surface area contributed by atoms with Crippen LogP contribution in [0.25, 0.3) is 0 Å². The number of piperidine rings is 1. The number of allylic oxidation sites excluding steroid dienone is 1. The maximum Gasteiger partial charge on any atom is 0.153 e. The number of hydrogen-bond acceptors (Lipinski definition) is 3. The number of ketones is 1. The van der Waals surface area contributed by atoms with Gasteiger partial charge in [-0.3, -0.25) is 4.79 Å². The van der Waals surface area contributed by atoms with Crippen molar-refractivity contribution in [2.24, 2.45) is 17.8 Å². The van der Waals surface area contributed by atoms with E-state index >= 15 is 0 Å². The molecule has 5 unspecified atom stereocenters. The fourth-order valence-corrected chi connectivity index (χ4v) is 4.19. The standard InChI is InChI=1S/C15H24N2O/c1-2-3-15(18)13-5-4-10-6-11-8-16-9-12(11)7-14(10)17-13/h2,10-14,16-17H,1,3-9H2. The van der Waals surface area contributed by atoms with Crippen molar-refractivity contribution in [3.63, 3.8) is 0 Å². The average Bonchev–Trinajstić information content (AvgIpc) is 2.82.